The summed E-state index contributed by atoms with van der Waals surface area (Å²) in [6.07, 6.45) is 1.91. The summed E-state index contributed by atoms with van der Waals surface area (Å²) in [5, 5.41) is 13.7. The molecule has 5 heteroatoms. The molecule has 0 bridgehead atoms. The SMILES string of the molecule is N#CC(NC(=O)Nc1ccccc1F)C1CC1. The number of hydrogen-bond acceptors (Lipinski definition) is 2. The van der Waals surface area contributed by atoms with Crippen LogP contribution in [0.4, 0.5) is 14.9 Å². The van der Waals surface area contributed by atoms with Crippen LogP contribution in [0.1, 0.15) is 12.8 Å². The minimum Gasteiger partial charge on any atom is -0.322 e. The topological polar surface area (TPSA) is 64.9 Å². The molecule has 0 spiro atoms. The second kappa shape index (κ2) is 4.83. The van der Waals surface area contributed by atoms with E-state index in [4.69, 9.17) is 5.26 Å². The maximum atomic E-state index is 13.2. The maximum absolute atomic E-state index is 13.2. The van der Waals surface area contributed by atoms with Crippen molar-refractivity contribution in [3.05, 3.63) is 30.1 Å². The normalized spacial score (nSPS) is 15.8. The quantitative estimate of drug-likeness (QED) is 0.840. The molecule has 0 heterocycles. The molecular formula is C12H12FN3O. The number of nitriles is 1. The second-order valence-electron chi connectivity index (χ2n) is 4.02. The monoisotopic (exact) mass is 233 g/mol. The van der Waals surface area contributed by atoms with Gasteiger partial charge in [-0.25, -0.2) is 9.18 Å². The van der Waals surface area contributed by atoms with Gasteiger partial charge in [-0.15, -0.1) is 0 Å². The van der Waals surface area contributed by atoms with Crippen LogP contribution in [-0.4, -0.2) is 12.1 Å². The zero-order valence-corrected chi connectivity index (χ0v) is 9.11. The van der Waals surface area contributed by atoms with Gasteiger partial charge in [-0.2, -0.15) is 5.26 Å². The van der Waals surface area contributed by atoms with Gasteiger partial charge in [0.05, 0.1) is 11.8 Å². The highest BCUT2D eigenvalue weighted by Crippen LogP contribution is 2.32. The molecule has 88 valence electrons. The zero-order valence-electron chi connectivity index (χ0n) is 9.11. The maximum Gasteiger partial charge on any atom is 0.320 e. The zero-order chi connectivity index (χ0) is 12.3. The fourth-order valence-electron chi connectivity index (χ4n) is 1.55. The van der Waals surface area contributed by atoms with Crippen molar-refractivity contribution in [3.8, 4) is 6.07 Å². The van der Waals surface area contributed by atoms with Gasteiger partial charge in [0.15, 0.2) is 0 Å². The Morgan fingerprint density at radius 2 is 2.18 bits per heavy atom. The number of amides is 2. The summed E-state index contributed by atoms with van der Waals surface area (Å²) in [5.41, 5.74) is 0.109. The van der Waals surface area contributed by atoms with E-state index >= 15 is 0 Å². The number of nitrogens with zero attached hydrogens (tertiary/aromatic N) is 1. The van der Waals surface area contributed by atoms with E-state index < -0.39 is 17.9 Å². The molecule has 2 rings (SSSR count). The Hall–Kier alpha value is -2.09. The highest BCUT2D eigenvalue weighted by atomic mass is 19.1. The molecule has 1 atom stereocenters. The van der Waals surface area contributed by atoms with E-state index in [1.54, 1.807) is 12.1 Å². The average molecular weight is 233 g/mol. The van der Waals surface area contributed by atoms with Crippen molar-refractivity contribution in [2.75, 3.05) is 5.32 Å². The summed E-state index contributed by atoms with van der Waals surface area (Å²) in [7, 11) is 0. The summed E-state index contributed by atoms with van der Waals surface area (Å²) < 4.78 is 13.2. The van der Waals surface area contributed by atoms with Crippen LogP contribution in [0.25, 0.3) is 0 Å². The van der Waals surface area contributed by atoms with E-state index in [1.165, 1.54) is 12.1 Å². The molecular weight excluding hydrogens is 221 g/mol. The number of anilines is 1. The predicted molar refractivity (Wildman–Crippen MR) is 60.7 cm³/mol. The Labute approximate surface area is 98.4 Å². The minimum atomic E-state index is -0.548. The van der Waals surface area contributed by atoms with Crippen LogP contribution >= 0.6 is 0 Å². The van der Waals surface area contributed by atoms with Crippen LogP contribution in [0.15, 0.2) is 24.3 Å². The highest BCUT2D eigenvalue weighted by molar-refractivity contribution is 5.89. The first-order valence-electron chi connectivity index (χ1n) is 5.42. The first-order chi connectivity index (χ1) is 8.20. The Balaban J connectivity index is 1.93. The van der Waals surface area contributed by atoms with E-state index in [9.17, 15) is 9.18 Å². The average Bonchev–Trinajstić information content (AvgIpc) is 3.13. The molecule has 0 aliphatic heterocycles. The molecule has 0 saturated heterocycles. The number of para-hydroxylation sites is 1. The molecule has 1 saturated carbocycles. The molecule has 1 aromatic carbocycles. The van der Waals surface area contributed by atoms with E-state index in [1.807, 2.05) is 6.07 Å². The third kappa shape index (κ3) is 2.94. The van der Waals surface area contributed by atoms with Gasteiger partial charge < -0.3 is 10.6 Å². The lowest BCUT2D eigenvalue weighted by atomic mass is 10.2. The number of halogens is 1. The molecule has 1 unspecified atom stereocenters. The lowest BCUT2D eigenvalue weighted by molar-refractivity contribution is 0.249. The van der Waals surface area contributed by atoms with Gasteiger partial charge in [0.25, 0.3) is 0 Å². The van der Waals surface area contributed by atoms with Crippen molar-refractivity contribution < 1.29 is 9.18 Å². The number of carbonyl (C=O) groups is 1. The van der Waals surface area contributed by atoms with Crippen molar-refractivity contribution in [2.45, 2.75) is 18.9 Å². The minimum absolute atomic E-state index is 0.109. The number of urea groups is 1. The molecule has 2 N–H and O–H groups in total. The van der Waals surface area contributed by atoms with Crippen LogP contribution in [0.5, 0.6) is 0 Å². The predicted octanol–water partition coefficient (Wildman–Crippen LogP) is 2.25. The summed E-state index contributed by atoms with van der Waals surface area (Å²) >= 11 is 0. The van der Waals surface area contributed by atoms with Crippen LogP contribution < -0.4 is 10.6 Å². The molecule has 1 aliphatic rings. The fraction of sp³-hybridized carbons (Fsp3) is 0.333. The van der Waals surface area contributed by atoms with Crippen LogP contribution in [0.2, 0.25) is 0 Å². The van der Waals surface area contributed by atoms with Gasteiger partial charge in [-0.05, 0) is 30.9 Å². The van der Waals surface area contributed by atoms with Crippen molar-refractivity contribution in [1.29, 1.82) is 5.26 Å². The van der Waals surface area contributed by atoms with Gasteiger partial charge in [0, 0.05) is 0 Å². The summed E-state index contributed by atoms with van der Waals surface area (Å²) in [6.45, 7) is 0. The van der Waals surface area contributed by atoms with Gasteiger partial charge in [-0.3, -0.25) is 0 Å². The standard InChI is InChI=1S/C12H12FN3O/c13-9-3-1-2-4-10(9)15-12(17)16-11(7-14)8-5-6-8/h1-4,8,11H,5-6H2,(H2,15,16,17). The third-order valence-corrected chi connectivity index (χ3v) is 2.64. The molecule has 4 nitrogen and oxygen atoms in total. The van der Waals surface area contributed by atoms with Gasteiger partial charge in [0.2, 0.25) is 0 Å². The highest BCUT2D eigenvalue weighted by Gasteiger charge is 2.32. The first kappa shape index (κ1) is 11.4. The van der Waals surface area contributed by atoms with Crippen LogP contribution in [0, 0.1) is 23.1 Å². The summed E-state index contributed by atoms with van der Waals surface area (Å²) in [6, 6.07) is 6.89. The molecule has 1 aliphatic carbocycles. The number of benzene rings is 1. The Morgan fingerprint density at radius 1 is 1.47 bits per heavy atom. The van der Waals surface area contributed by atoms with Crippen molar-refractivity contribution in [2.24, 2.45) is 5.92 Å². The molecule has 17 heavy (non-hydrogen) atoms. The molecule has 2 amide bonds. The molecule has 1 fully saturated rings. The fourth-order valence-corrected chi connectivity index (χ4v) is 1.55. The van der Waals surface area contributed by atoms with Gasteiger partial charge in [0.1, 0.15) is 11.9 Å². The number of nitrogens with one attached hydrogen (secondary N) is 2. The lowest BCUT2D eigenvalue weighted by Gasteiger charge is -2.11. The largest absolute Gasteiger partial charge is 0.322 e. The van der Waals surface area contributed by atoms with E-state index in [2.05, 4.69) is 10.6 Å². The Kier molecular flexibility index (Phi) is 3.24. The third-order valence-electron chi connectivity index (χ3n) is 2.64. The number of carbonyl (C=O) groups excluding carboxylic acids is 1. The number of hydrogen-bond donors (Lipinski definition) is 2. The van der Waals surface area contributed by atoms with Crippen molar-refractivity contribution in [1.82, 2.24) is 5.32 Å². The molecule has 0 aromatic heterocycles. The van der Waals surface area contributed by atoms with Gasteiger partial charge in [-0.1, -0.05) is 12.1 Å². The van der Waals surface area contributed by atoms with Crippen LogP contribution in [-0.2, 0) is 0 Å². The first-order valence-corrected chi connectivity index (χ1v) is 5.42. The van der Waals surface area contributed by atoms with E-state index in [-0.39, 0.29) is 11.6 Å². The van der Waals surface area contributed by atoms with Gasteiger partial charge >= 0.3 is 6.03 Å². The summed E-state index contributed by atoms with van der Waals surface area (Å²) in [5.74, 6) is -0.256. The molecule has 0 radical (unpaired) electrons. The van der Waals surface area contributed by atoms with Crippen molar-refractivity contribution in [3.63, 3.8) is 0 Å². The smallest absolute Gasteiger partial charge is 0.320 e. The second-order valence-corrected chi connectivity index (χ2v) is 4.02. The van der Waals surface area contributed by atoms with E-state index in [0.717, 1.165) is 12.8 Å². The lowest BCUT2D eigenvalue weighted by Crippen LogP contribution is -2.38. The number of rotatable bonds is 3. The van der Waals surface area contributed by atoms with Crippen LogP contribution in [0.3, 0.4) is 0 Å². The Morgan fingerprint density at radius 3 is 2.76 bits per heavy atom. The van der Waals surface area contributed by atoms with E-state index in [0.29, 0.717) is 0 Å². The molecule has 1 aromatic rings. The Bertz CT molecular complexity index is 465. The summed E-state index contributed by atoms with van der Waals surface area (Å²) in [4.78, 5) is 11.5. The van der Waals surface area contributed by atoms with Crippen molar-refractivity contribution >= 4 is 11.7 Å².